The van der Waals surface area contributed by atoms with Gasteiger partial charge in [-0.05, 0) is 19.4 Å². The van der Waals surface area contributed by atoms with Crippen LogP contribution < -0.4 is 0 Å². The summed E-state index contributed by atoms with van der Waals surface area (Å²) in [6, 6.07) is 1.63. The van der Waals surface area contributed by atoms with E-state index in [9.17, 15) is 9.59 Å². The molecule has 0 atom stereocenters. The highest BCUT2D eigenvalue weighted by atomic mass is 35.5. The molecule has 1 amide bonds. The van der Waals surface area contributed by atoms with Gasteiger partial charge in [0, 0.05) is 32.8 Å². The molecule has 18 heavy (non-hydrogen) atoms. The molecule has 1 rings (SSSR count). The van der Waals surface area contributed by atoms with E-state index in [2.05, 4.69) is 0 Å². The summed E-state index contributed by atoms with van der Waals surface area (Å²) < 4.78 is 1.78. The van der Waals surface area contributed by atoms with Crippen molar-refractivity contribution >= 4 is 23.5 Å². The molecule has 0 aliphatic heterocycles. The molecule has 100 valence electrons. The number of hydrogen-bond acceptors (Lipinski definition) is 2. The molecule has 0 radical (unpaired) electrons. The molecule has 1 heterocycles. The Morgan fingerprint density at radius 3 is 2.72 bits per heavy atom. The molecule has 0 aliphatic carbocycles. The minimum Gasteiger partial charge on any atom is -0.481 e. The van der Waals surface area contributed by atoms with Crippen LogP contribution in [0.15, 0.2) is 12.3 Å². The van der Waals surface area contributed by atoms with E-state index < -0.39 is 5.97 Å². The van der Waals surface area contributed by atoms with Gasteiger partial charge in [0.1, 0.15) is 5.69 Å². The van der Waals surface area contributed by atoms with E-state index in [1.54, 1.807) is 23.9 Å². The molecule has 1 N–H and O–H groups in total. The number of carboxylic acid groups (broad SMARTS) is 1. The van der Waals surface area contributed by atoms with Gasteiger partial charge in [0.25, 0.3) is 5.91 Å². The van der Waals surface area contributed by atoms with Gasteiger partial charge in [0.2, 0.25) is 0 Å². The number of aliphatic carboxylic acids is 1. The maximum Gasteiger partial charge on any atom is 0.303 e. The van der Waals surface area contributed by atoms with E-state index in [0.717, 1.165) is 0 Å². The molecule has 0 aromatic carbocycles. The van der Waals surface area contributed by atoms with E-state index in [1.807, 2.05) is 6.92 Å². The van der Waals surface area contributed by atoms with E-state index in [4.69, 9.17) is 16.7 Å². The first-order valence-corrected chi connectivity index (χ1v) is 6.16. The van der Waals surface area contributed by atoms with E-state index in [-0.39, 0.29) is 12.3 Å². The zero-order valence-corrected chi connectivity index (χ0v) is 11.3. The lowest BCUT2D eigenvalue weighted by Gasteiger charge is -2.17. The fourth-order valence-corrected chi connectivity index (χ4v) is 1.90. The molecule has 0 spiro atoms. The van der Waals surface area contributed by atoms with Gasteiger partial charge in [-0.25, -0.2) is 0 Å². The first-order valence-electron chi connectivity index (χ1n) is 5.78. The number of aromatic nitrogens is 1. The smallest absolute Gasteiger partial charge is 0.303 e. The summed E-state index contributed by atoms with van der Waals surface area (Å²) in [5.74, 6) is -0.995. The van der Waals surface area contributed by atoms with Crippen molar-refractivity contribution in [1.29, 1.82) is 0 Å². The molecular formula is C12H17ClN2O3. The van der Waals surface area contributed by atoms with Gasteiger partial charge in [0.15, 0.2) is 0 Å². The Balaban J connectivity index is 2.65. The predicted molar refractivity (Wildman–Crippen MR) is 68.9 cm³/mol. The number of halogens is 1. The average Bonchev–Trinajstić information content (AvgIpc) is 2.68. The maximum absolute atomic E-state index is 12.1. The number of carboxylic acids is 1. The van der Waals surface area contributed by atoms with Crippen LogP contribution in [0.1, 0.15) is 30.3 Å². The topological polar surface area (TPSA) is 62.5 Å². The number of rotatable bonds is 6. The lowest BCUT2D eigenvalue weighted by Crippen LogP contribution is -2.29. The maximum atomic E-state index is 12.1. The summed E-state index contributed by atoms with van der Waals surface area (Å²) in [5, 5.41) is 9.07. The highest BCUT2D eigenvalue weighted by molar-refractivity contribution is 6.31. The average molecular weight is 273 g/mol. The molecule has 0 saturated carbocycles. The van der Waals surface area contributed by atoms with Crippen molar-refractivity contribution in [3.63, 3.8) is 0 Å². The Morgan fingerprint density at radius 2 is 2.17 bits per heavy atom. The van der Waals surface area contributed by atoms with Gasteiger partial charge in [-0.3, -0.25) is 9.59 Å². The lowest BCUT2D eigenvalue weighted by atomic mass is 10.3. The highest BCUT2D eigenvalue weighted by Crippen LogP contribution is 2.15. The second-order valence-electron chi connectivity index (χ2n) is 4.05. The molecule has 0 fully saturated rings. The van der Waals surface area contributed by atoms with Crippen LogP contribution in [0.25, 0.3) is 0 Å². The monoisotopic (exact) mass is 272 g/mol. The Kier molecular flexibility index (Phi) is 5.22. The minimum absolute atomic E-state index is 0.0627. The fraction of sp³-hybridized carbons (Fsp3) is 0.500. The molecule has 1 aromatic heterocycles. The van der Waals surface area contributed by atoms with Crippen LogP contribution in [0.4, 0.5) is 0 Å². The number of nitrogens with zero attached hydrogens (tertiary/aromatic N) is 2. The molecule has 0 bridgehead atoms. The second kappa shape index (κ2) is 6.44. The van der Waals surface area contributed by atoms with Crippen LogP contribution in [-0.2, 0) is 11.3 Å². The summed E-state index contributed by atoms with van der Waals surface area (Å²) in [7, 11) is 1.66. The van der Waals surface area contributed by atoms with Crippen LogP contribution in [0.5, 0.6) is 0 Å². The van der Waals surface area contributed by atoms with Crippen molar-refractivity contribution in [2.45, 2.75) is 26.3 Å². The third-order valence-corrected chi connectivity index (χ3v) is 2.86. The van der Waals surface area contributed by atoms with Crippen LogP contribution in [0, 0.1) is 0 Å². The molecule has 1 aromatic rings. The molecule has 0 saturated heterocycles. The number of carbonyl (C=O) groups is 2. The van der Waals surface area contributed by atoms with Crippen molar-refractivity contribution in [2.75, 3.05) is 13.6 Å². The van der Waals surface area contributed by atoms with Gasteiger partial charge in [-0.15, -0.1) is 0 Å². The lowest BCUT2D eigenvalue weighted by molar-refractivity contribution is -0.137. The molecule has 0 aliphatic rings. The van der Waals surface area contributed by atoms with E-state index in [1.165, 1.54) is 4.90 Å². The Bertz CT molecular complexity index is 443. The van der Waals surface area contributed by atoms with Gasteiger partial charge in [-0.2, -0.15) is 0 Å². The Hall–Kier alpha value is -1.49. The van der Waals surface area contributed by atoms with Crippen LogP contribution in [-0.4, -0.2) is 40.0 Å². The Labute approximate surface area is 111 Å². The standard InChI is InChI=1S/C12H17ClN2O3/c1-3-15-8-9(13)7-10(15)12(18)14(2)6-4-5-11(16)17/h7-8H,3-6H2,1-2H3,(H,16,17). The quantitative estimate of drug-likeness (QED) is 0.863. The third-order valence-electron chi connectivity index (χ3n) is 2.65. The summed E-state index contributed by atoms with van der Waals surface area (Å²) in [6.07, 6.45) is 2.21. The van der Waals surface area contributed by atoms with Crippen molar-refractivity contribution in [1.82, 2.24) is 9.47 Å². The van der Waals surface area contributed by atoms with Crippen LogP contribution in [0.3, 0.4) is 0 Å². The SMILES string of the molecule is CCn1cc(Cl)cc1C(=O)N(C)CCCC(=O)O. The second-order valence-corrected chi connectivity index (χ2v) is 4.49. The molecule has 5 nitrogen and oxygen atoms in total. The van der Waals surface area contributed by atoms with Crippen LogP contribution in [0.2, 0.25) is 5.02 Å². The van der Waals surface area contributed by atoms with Crippen molar-refractivity contribution < 1.29 is 14.7 Å². The summed E-state index contributed by atoms with van der Waals surface area (Å²) in [4.78, 5) is 24.0. The minimum atomic E-state index is -0.851. The Morgan fingerprint density at radius 1 is 1.50 bits per heavy atom. The predicted octanol–water partition coefficient (Wildman–Crippen LogP) is 2.10. The molecule has 6 heteroatoms. The largest absolute Gasteiger partial charge is 0.481 e. The van der Waals surface area contributed by atoms with Gasteiger partial charge >= 0.3 is 5.97 Å². The van der Waals surface area contributed by atoms with Crippen molar-refractivity contribution in [2.24, 2.45) is 0 Å². The number of amides is 1. The van der Waals surface area contributed by atoms with Crippen molar-refractivity contribution in [3.8, 4) is 0 Å². The van der Waals surface area contributed by atoms with Crippen LogP contribution >= 0.6 is 11.6 Å². The number of carbonyl (C=O) groups excluding carboxylic acids is 1. The van der Waals surface area contributed by atoms with Crippen molar-refractivity contribution in [3.05, 3.63) is 23.0 Å². The first-order chi connectivity index (χ1) is 8.45. The zero-order valence-electron chi connectivity index (χ0n) is 10.5. The highest BCUT2D eigenvalue weighted by Gasteiger charge is 2.16. The van der Waals surface area contributed by atoms with E-state index >= 15 is 0 Å². The summed E-state index contributed by atoms with van der Waals surface area (Å²) >= 11 is 5.87. The first kappa shape index (κ1) is 14.6. The fourth-order valence-electron chi connectivity index (χ4n) is 1.68. The molecule has 0 unspecified atom stereocenters. The van der Waals surface area contributed by atoms with Gasteiger partial charge in [0.05, 0.1) is 5.02 Å². The summed E-state index contributed by atoms with van der Waals surface area (Å²) in [6.45, 7) is 3.01. The number of aryl methyl sites for hydroxylation is 1. The van der Waals surface area contributed by atoms with E-state index in [0.29, 0.717) is 30.2 Å². The zero-order chi connectivity index (χ0) is 13.7. The molecular weight excluding hydrogens is 256 g/mol. The van der Waals surface area contributed by atoms with Gasteiger partial charge in [-0.1, -0.05) is 11.6 Å². The third kappa shape index (κ3) is 3.77. The number of hydrogen-bond donors (Lipinski definition) is 1. The normalized spacial score (nSPS) is 10.4. The van der Waals surface area contributed by atoms with Gasteiger partial charge < -0.3 is 14.6 Å². The summed E-state index contributed by atoms with van der Waals surface area (Å²) in [5.41, 5.74) is 0.528.